The molecule has 0 spiro atoms. The van der Waals surface area contributed by atoms with Crippen molar-refractivity contribution in [3.8, 4) is 11.3 Å². The summed E-state index contributed by atoms with van der Waals surface area (Å²) in [4.78, 5) is 0. The van der Waals surface area contributed by atoms with Crippen molar-refractivity contribution in [2.75, 3.05) is 5.73 Å². The first-order valence-corrected chi connectivity index (χ1v) is 5.79. The summed E-state index contributed by atoms with van der Waals surface area (Å²) in [5.74, 6) is -0.273. The summed E-state index contributed by atoms with van der Waals surface area (Å²) in [7, 11) is 0. The Morgan fingerprint density at radius 3 is 2.94 bits per heavy atom. The number of unbranched alkanes of at least 4 members (excludes halogenated alkanes) is 1. The van der Waals surface area contributed by atoms with Gasteiger partial charge < -0.3 is 5.73 Å². The van der Waals surface area contributed by atoms with Crippen LogP contribution in [0.4, 0.5) is 10.1 Å². The fourth-order valence-electron chi connectivity index (χ4n) is 1.73. The highest BCUT2D eigenvalue weighted by molar-refractivity contribution is 5.71. The van der Waals surface area contributed by atoms with E-state index >= 15 is 0 Å². The number of nitrogens with two attached hydrogens (primary N) is 1. The van der Waals surface area contributed by atoms with Crippen molar-refractivity contribution in [2.45, 2.75) is 26.3 Å². The van der Waals surface area contributed by atoms with Gasteiger partial charge in [0.2, 0.25) is 0 Å². The van der Waals surface area contributed by atoms with E-state index in [4.69, 9.17) is 5.73 Å². The Balaban J connectivity index is 2.29. The number of aromatic nitrogens is 2. The summed E-state index contributed by atoms with van der Waals surface area (Å²) < 4.78 is 14.9. The van der Waals surface area contributed by atoms with Crippen molar-refractivity contribution >= 4 is 5.69 Å². The van der Waals surface area contributed by atoms with Crippen LogP contribution < -0.4 is 5.73 Å². The molecule has 0 atom stereocenters. The molecule has 4 heteroatoms. The number of rotatable bonds is 4. The third-order valence-corrected chi connectivity index (χ3v) is 2.63. The Labute approximate surface area is 100 Å². The molecule has 0 radical (unpaired) electrons. The minimum absolute atomic E-state index is 0.273. The lowest BCUT2D eigenvalue weighted by molar-refractivity contribution is 0.573. The summed E-state index contributed by atoms with van der Waals surface area (Å²) >= 11 is 0. The molecule has 0 saturated carbocycles. The van der Waals surface area contributed by atoms with E-state index in [0.29, 0.717) is 11.4 Å². The Morgan fingerprint density at radius 2 is 2.24 bits per heavy atom. The van der Waals surface area contributed by atoms with E-state index in [2.05, 4.69) is 12.0 Å². The molecule has 90 valence electrons. The standard InChI is InChI=1S/C13H16FN3/c1-2-3-7-17-9-12(15)13(16-17)10-5-4-6-11(14)8-10/h4-6,8-9H,2-3,7,15H2,1H3. The minimum Gasteiger partial charge on any atom is -0.396 e. The van der Waals surface area contributed by atoms with Gasteiger partial charge in [-0.15, -0.1) is 0 Å². The molecule has 0 aliphatic rings. The maximum absolute atomic E-state index is 13.1. The highest BCUT2D eigenvalue weighted by Gasteiger charge is 2.08. The Morgan fingerprint density at radius 1 is 1.41 bits per heavy atom. The molecule has 1 heterocycles. The van der Waals surface area contributed by atoms with Crippen LogP contribution in [0.3, 0.4) is 0 Å². The highest BCUT2D eigenvalue weighted by atomic mass is 19.1. The second-order valence-electron chi connectivity index (χ2n) is 4.06. The molecule has 0 bridgehead atoms. The summed E-state index contributed by atoms with van der Waals surface area (Å²) in [5.41, 5.74) is 7.85. The number of hydrogen-bond donors (Lipinski definition) is 1. The zero-order valence-corrected chi connectivity index (χ0v) is 9.86. The van der Waals surface area contributed by atoms with Crippen LogP contribution in [0, 0.1) is 5.82 Å². The first-order valence-electron chi connectivity index (χ1n) is 5.79. The molecule has 17 heavy (non-hydrogen) atoms. The van der Waals surface area contributed by atoms with Gasteiger partial charge in [-0.05, 0) is 18.6 Å². The van der Waals surface area contributed by atoms with Crippen LogP contribution in [-0.4, -0.2) is 9.78 Å². The zero-order chi connectivity index (χ0) is 12.3. The molecule has 0 aliphatic heterocycles. The third-order valence-electron chi connectivity index (χ3n) is 2.63. The van der Waals surface area contributed by atoms with E-state index in [-0.39, 0.29) is 5.82 Å². The van der Waals surface area contributed by atoms with Gasteiger partial charge in [-0.3, -0.25) is 4.68 Å². The molecule has 3 nitrogen and oxygen atoms in total. The molecular weight excluding hydrogens is 217 g/mol. The first-order chi connectivity index (χ1) is 8.20. The normalized spacial score (nSPS) is 10.7. The number of halogens is 1. The van der Waals surface area contributed by atoms with Gasteiger partial charge in [0, 0.05) is 18.3 Å². The summed E-state index contributed by atoms with van der Waals surface area (Å²) in [5, 5.41) is 4.38. The average Bonchev–Trinajstić information content (AvgIpc) is 2.68. The van der Waals surface area contributed by atoms with Gasteiger partial charge in [0.25, 0.3) is 0 Å². The van der Waals surface area contributed by atoms with Gasteiger partial charge in [-0.1, -0.05) is 25.5 Å². The Kier molecular flexibility index (Phi) is 3.42. The van der Waals surface area contributed by atoms with E-state index in [1.807, 2.05) is 10.7 Å². The van der Waals surface area contributed by atoms with Gasteiger partial charge in [0.15, 0.2) is 0 Å². The molecule has 0 saturated heterocycles. The predicted octanol–water partition coefficient (Wildman–Crippen LogP) is 3.07. The van der Waals surface area contributed by atoms with Gasteiger partial charge in [0.05, 0.1) is 5.69 Å². The summed E-state index contributed by atoms with van der Waals surface area (Å²) in [6.07, 6.45) is 3.97. The fraction of sp³-hybridized carbons (Fsp3) is 0.308. The Hall–Kier alpha value is -1.84. The monoisotopic (exact) mass is 233 g/mol. The number of nitrogens with zero attached hydrogens (tertiary/aromatic N) is 2. The van der Waals surface area contributed by atoms with Crippen LogP contribution in [0.1, 0.15) is 19.8 Å². The number of benzene rings is 1. The van der Waals surface area contributed by atoms with E-state index in [9.17, 15) is 4.39 Å². The Bertz CT molecular complexity index is 505. The topological polar surface area (TPSA) is 43.8 Å². The van der Waals surface area contributed by atoms with Crippen LogP contribution in [0.2, 0.25) is 0 Å². The number of anilines is 1. The van der Waals surface area contributed by atoms with E-state index in [1.54, 1.807) is 12.3 Å². The maximum Gasteiger partial charge on any atom is 0.123 e. The van der Waals surface area contributed by atoms with Crippen LogP contribution in [0.15, 0.2) is 30.5 Å². The molecule has 2 aromatic rings. The lowest BCUT2D eigenvalue weighted by Crippen LogP contribution is -1.98. The number of hydrogen-bond acceptors (Lipinski definition) is 2. The van der Waals surface area contributed by atoms with Crippen molar-refractivity contribution < 1.29 is 4.39 Å². The van der Waals surface area contributed by atoms with Crippen molar-refractivity contribution in [3.05, 3.63) is 36.3 Å². The fourth-order valence-corrected chi connectivity index (χ4v) is 1.73. The van der Waals surface area contributed by atoms with Crippen molar-refractivity contribution in [1.82, 2.24) is 9.78 Å². The SMILES string of the molecule is CCCCn1cc(N)c(-c2cccc(F)c2)n1. The highest BCUT2D eigenvalue weighted by Crippen LogP contribution is 2.24. The lowest BCUT2D eigenvalue weighted by Gasteiger charge is -1.99. The van der Waals surface area contributed by atoms with Gasteiger partial charge in [-0.25, -0.2) is 4.39 Å². The van der Waals surface area contributed by atoms with Gasteiger partial charge in [-0.2, -0.15) is 5.10 Å². The molecule has 1 aromatic heterocycles. The number of nitrogen functional groups attached to an aromatic ring is 1. The van der Waals surface area contributed by atoms with Crippen LogP contribution >= 0.6 is 0 Å². The molecule has 0 amide bonds. The summed E-state index contributed by atoms with van der Waals surface area (Å²) in [6, 6.07) is 6.33. The van der Waals surface area contributed by atoms with Crippen molar-refractivity contribution in [3.63, 3.8) is 0 Å². The quantitative estimate of drug-likeness (QED) is 0.882. The summed E-state index contributed by atoms with van der Waals surface area (Å²) in [6.45, 7) is 2.97. The molecule has 2 rings (SSSR count). The van der Waals surface area contributed by atoms with E-state index in [1.165, 1.54) is 12.1 Å². The largest absolute Gasteiger partial charge is 0.396 e. The maximum atomic E-state index is 13.1. The first kappa shape index (κ1) is 11.6. The van der Waals surface area contributed by atoms with Crippen molar-refractivity contribution in [2.24, 2.45) is 0 Å². The smallest absolute Gasteiger partial charge is 0.123 e. The van der Waals surface area contributed by atoms with Crippen molar-refractivity contribution in [1.29, 1.82) is 0 Å². The van der Waals surface area contributed by atoms with E-state index < -0.39 is 0 Å². The second-order valence-corrected chi connectivity index (χ2v) is 4.06. The molecule has 0 unspecified atom stereocenters. The lowest BCUT2D eigenvalue weighted by atomic mass is 10.1. The number of aryl methyl sites for hydroxylation is 1. The molecule has 0 fully saturated rings. The van der Waals surface area contributed by atoms with Gasteiger partial charge >= 0.3 is 0 Å². The molecule has 2 N–H and O–H groups in total. The average molecular weight is 233 g/mol. The van der Waals surface area contributed by atoms with E-state index in [0.717, 1.165) is 24.9 Å². The van der Waals surface area contributed by atoms with Crippen LogP contribution in [0.5, 0.6) is 0 Å². The third kappa shape index (κ3) is 2.64. The minimum atomic E-state index is -0.273. The van der Waals surface area contributed by atoms with Gasteiger partial charge in [0.1, 0.15) is 11.5 Å². The predicted molar refractivity (Wildman–Crippen MR) is 66.9 cm³/mol. The molecule has 1 aromatic carbocycles. The van der Waals surface area contributed by atoms with Crippen LogP contribution in [-0.2, 0) is 6.54 Å². The zero-order valence-electron chi connectivity index (χ0n) is 9.86. The van der Waals surface area contributed by atoms with Crippen LogP contribution in [0.25, 0.3) is 11.3 Å². The molecule has 0 aliphatic carbocycles. The second kappa shape index (κ2) is 4.99. The molecular formula is C13H16FN3.